The first-order valence-electron chi connectivity index (χ1n) is 2.83. The number of rotatable bonds is 1. The molecule has 1 aromatic rings. The first kappa shape index (κ1) is 6.86. The van der Waals surface area contributed by atoms with Crippen LogP contribution in [0.3, 0.4) is 0 Å². The third-order valence-electron chi connectivity index (χ3n) is 1.28. The van der Waals surface area contributed by atoms with E-state index in [2.05, 4.69) is 4.94 Å². The van der Waals surface area contributed by atoms with E-state index in [1.807, 2.05) is 0 Å². The summed E-state index contributed by atoms with van der Waals surface area (Å²) in [6.07, 6.45) is 0. The lowest BCUT2D eigenvalue weighted by atomic mass is 10.2. The lowest BCUT2D eigenvalue weighted by Gasteiger charge is -1.99. The third kappa shape index (κ3) is 1.03. The van der Waals surface area contributed by atoms with Crippen LogP contribution in [0.5, 0.6) is 11.5 Å². The van der Waals surface area contributed by atoms with Gasteiger partial charge >= 0.3 is 0 Å². The monoisotopic (exact) mass is 142 g/mol. The van der Waals surface area contributed by atoms with Gasteiger partial charge in [0.15, 0.2) is 5.75 Å². The minimum Gasteiger partial charge on any atom is -0.504 e. The summed E-state index contributed by atoms with van der Waals surface area (Å²) < 4.78 is 11.5. The summed E-state index contributed by atoms with van der Waals surface area (Å²) >= 11 is 0. The predicted octanol–water partition coefficient (Wildman–Crippen LogP) is 1.96. The molecule has 0 saturated carbocycles. The molecular weight excluding hydrogens is 135 g/mol. The number of phenolic OH excluding ortho intramolecular Hbond substituents is 1. The number of hydrogen-bond acceptors (Lipinski definition) is 2. The minimum absolute atomic E-state index is 0.139. The third-order valence-corrected chi connectivity index (χ3v) is 1.28. The molecule has 0 aliphatic carbocycles. The van der Waals surface area contributed by atoms with Gasteiger partial charge in [-0.1, -0.05) is 12.1 Å². The molecule has 0 fully saturated rings. The Morgan fingerprint density at radius 3 is 2.70 bits per heavy atom. The molecule has 0 unspecified atom stereocenters. The van der Waals surface area contributed by atoms with Gasteiger partial charge in [-0.2, -0.15) is 0 Å². The predicted molar refractivity (Wildman–Crippen MR) is 34.6 cm³/mol. The number of hydrogen-bond donors (Lipinski definition) is 1. The molecule has 54 valence electrons. The van der Waals surface area contributed by atoms with Gasteiger partial charge in [-0.15, -0.1) is 0 Å². The summed E-state index contributed by atoms with van der Waals surface area (Å²) in [5.74, 6) is -0.287. The van der Waals surface area contributed by atoms with Gasteiger partial charge in [0.25, 0.3) is 0 Å². The van der Waals surface area contributed by atoms with Crippen LogP contribution in [0.25, 0.3) is 0 Å². The van der Waals surface area contributed by atoms with Gasteiger partial charge in [0, 0.05) is 4.53 Å². The standard InChI is InChI=1S/C7H7FO2/c1-5-3-2-4-6(10-8)7(5)9/h2-4,9H,1H3. The highest BCUT2D eigenvalue weighted by Gasteiger charge is 2.03. The highest BCUT2D eigenvalue weighted by molar-refractivity contribution is 5.43. The van der Waals surface area contributed by atoms with Crippen LogP contribution in [0, 0.1) is 6.92 Å². The number of aryl methyl sites for hydroxylation is 1. The molecule has 1 rings (SSSR count). The lowest BCUT2D eigenvalue weighted by molar-refractivity contribution is -0.00903. The van der Waals surface area contributed by atoms with Crippen LogP contribution >= 0.6 is 0 Å². The molecule has 0 atom stereocenters. The van der Waals surface area contributed by atoms with Crippen molar-refractivity contribution in [2.75, 3.05) is 0 Å². The zero-order chi connectivity index (χ0) is 7.56. The van der Waals surface area contributed by atoms with Crippen molar-refractivity contribution < 1.29 is 14.6 Å². The summed E-state index contributed by atoms with van der Waals surface area (Å²) in [6.45, 7) is 1.66. The minimum atomic E-state index is -0.148. The Bertz CT molecular complexity index is 235. The Hall–Kier alpha value is -1.25. The summed E-state index contributed by atoms with van der Waals surface area (Å²) in [5.41, 5.74) is 0.593. The summed E-state index contributed by atoms with van der Waals surface area (Å²) in [5, 5.41) is 9.03. The van der Waals surface area contributed by atoms with Crippen LogP contribution in [0.2, 0.25) is 0 Å². The van der Waals surface area contributed by atoms with Crippen molar-refractivity contribution in [1.82, 2.24) is 0 Å². The van der Waals surface area contributed by atoms with E-state index in [9.17, 15) is 4.53 Å². The van der Waals surface area contributed by atoms with Crippen LogP contribution in [-0.2, 0) is 0 Å². The van der Waals surface area contributed by atoms with Gasteiger partial charge in [0.1, 0.15) is 0 Å². The fourth-order valence-corrected chi connectivity index (χ4v) is 0.694. The van der Waals surface area contributed by atoms with Crippen LogP contribution in [-0.4, -0.2) is 5.11 Å². The smallest absolute Gasteiger partial charge is 0.213 e. The average Bonchev–Trinajstić information content (AvgIpc) is 1.95. The Morgan fingerprint density at radius 1 is 1.50 bits per heavy atom. The Balaban J connectivity index is 3.14. The summed E-state index contributed by atoms with van der Waals surface area (Å²) in [7, 11) is 0. The second kappa shape index (κ2) is 2.56. The van der Waals surface area contributed by atoms with E-state index in [4.69, 9.17) is 5.11 Å². The molecule has 1 N–H and O–H groups in total. The highest BCUT2D eigenvalue weighted by Crippen LogP contribution is 2.28. The van der Waals surface area contributed by atoms with E-state index in [1.54, 1.807) is 19.1 Å². The molecule has 0 heterocycles. The number of halogens is 1. The average molecular weight is 142 g/mol. The fourth-order valence-electron chi connectivity index (χ4n) is 0.694. The van der Waals surface area contributed by atoms with Crippen LogP contribution in [0.4, 0.5) is 4.53 Å². The van der Waals surface area contributed by atoms with Crippen molar-refractivity contribution >= 4 is 0 Å². The van der Waals surface area contributed by atoms with E-state index >= 15 is 0 Å². The number of para-hydroxylation sites is 1. The van der Waals surface area contributed by atoms with Crippen LogP contribution < -0.4 is 4.94 Å². The van der Waals surface area contributed by atoms with Crippen molar-refractivity contribution in [2.45, 2.75) is 6.92 Å². The molecule has 2 nitrogen and oxygen atoms in total. The fraction of sp³-hybridized carbons (Fsp3) is 0.143. The van der Waals surface area contributed by atoms with E-state index in [-0.39, 0.29) is 11.5 Å². The van der Waals surface area contributed by atoms with Crippen molar-refractivity contribution in [1.29, 1.82) is 0 Å². The largest absolute Gasteiger partial charge is 0.504 e. The van der Waals surface area contributed by atoms with Gasteiger partial charge in [-0.3, -0.25) is 4.94 Å². The van der Waals surface area contributed by atoms with Crippen molar-refractivity contribution in [3.05, 3.63) is 23.8 Å². The molecule has 0 bridgehead atoms. The number of aromatic hydroxyl groups is 1. The SMILES string of the molecule is Cc1cccc(OF)c1O. The molecular formula is C7H7FO2. The maximum Gasteiger partial charge on any atom is 0.213 e. The molecule has 0 saturated heterocycles. The van der Waals surface area contributed by atoms with Crippen molar-refractivity contribution in [3.63, 3.8) is 0 Å². The van der Waals surface area contributed by atoms with E-state index in [0.29, 0.717) is 5.56 Å². The molecule has 0 radical (unpaired) electrons. The van der Waals surface area contributed by atoms with Gasteiger partial charge in [0.2, 0.25) is 5.75 Å². The maximum absolute atomic E-state index is 11.5. The summed E-state index contributed by atoms with van der Waals surface area (Å²) in [4.78, 5) is 3.38. The van der Waals surface area contributed by atoms with Gasteiger partial charge in [-0.25, -0.2) is 0 Å². The van der Waals surface area contributed by atoms with Gasteiger partial charge < -0.3 is 5.11 Å². The molecule has 0 aromatic heterocycles. The normalized spacial score (nSPS) is 9.40. The molecule has 10 heavy (non-hydrogen) atoms. The van der Waals surface area contributed by atoms with Crippen LogP contribution in [0.15, 0.2) is 18.2 Å². The molecule has 0 aliphatic heterocycles. The Kier molecular flexibility index (Phi) is 1.76. The van der Waals surface area contributed by atoms with E-state index in [1.165, 1.54) is 6.07 Å². The van der Waals surface area contributed by atoms with Gasteiger partial charge in [0.05, 0.1) is 0 Å². The Labute approximate surface area is 57.8 Å². The molecule has 1 aromatic carbocycles. The second-order valence-electron chi connectivity index (χ2n) is 2.00. The Morgan fingerprint density at radius 2 is 2.20 bits per heavy atom. The topological polar surface area (TPSA) is 29.5 Å². The van der Waals surface area contributed by atoms with Gasteiger partial charge in [-0.05, 0) is 18.6 Å². The number of benzene rings is 1. The molecule has 0 amide bonds. The molecule has 0 spiro atoms. The highest BCUT2D eigenvalue weighted by atomic mass is 19.3. The zero-order valence-electron chi connectivity index (χ0n) is 5.47. The zero-order valence-corrected chi connectivity index (χ0v) is 5.47. The molecule has 3 heteroatoms. The maximum atomic E-state index is 11.5. The summed E-state index contributed by atoms with van der Waals surface area (Å²) in [6, 6.07) is 4.62. The number of phenols is 1. The first-order valence-corrected chi connectivity index (χ1v) is 2.83. The van der Waals surface area contributed by atoms with E-state index in [0.717, 1.165) is 0 Å². The second-order valence-corrected chi connectivity index (χ2v) is 2.00. The van der Waals surface area contributed by atoms with Crippen molar-refractivity contribution in [3.8, 4) is 11.5 Å². The lowest BCUT2D eigenvalue weighted by Crippen LogP contribution is -1.79. The molecule has 0 aliphatic rings. The van der Waals surface area contributed by atoms with E-state index < -0.39 is 0 Å². The van der Waals surface area contributed by atoms with Crippen molar-refractivity contribution in [2.24, 2.45) is 0 Å². The first-order chi connectivity index (χ1) is 4.75. The quantitative estimate of drug-likeness (QED) is 0.649. The van der Waals surface area contributed by atoms with Crippen LogP contribution in [0.1, 0.15) is 5.56 Å².